The number of hydrogen-bond acceptors (Lipinski definition) is 5. The van der Waals surface area contributed by atoms with Gasteiger partial charge in [0.15, 0.2) is 0 Å². The zero-order valence-corrected chi connectivity index (χ0v) is 17.3. The molecule has 4 heterocycles. The van der Waals surface area contributed by atoms with Gasteiger partial charge < -0.3 is 10.6 Å². The first-order chi connectivity index (χ1) is 12.6. The minimum atomic E-state index is -0.0731. The molecule has 4 rings (SSSR count). The smallest absolute Gasteiger partial charge is 0.262 e. The van der Waals surface area contributed by atoms with E-state index in [2.05, 4.69) is 10.6 Å². The molecule has 2 aliphatic heterocycles. The maximum atomic E-state index is 13.0. The van der Waals surface area contributed by atoms with Gasteiger partial charge in [-0.15, -0.1) is 23.7 Å². The van der Waals surface area contributed by atoms with Gasteiger partial charge in [0.1, 0.15) is 10.7 Å². The van der Waals surface area contributed by atoms with Crippen molar-refractivity contribution in [2.24, 2.45) is 5.92 Å². The Morgan fingerprint density at radius 2 is 2.22 bits per heavy atom. The monoisotopic (exact) mass is 410 g/mol. The summed E-state index contributed by atoms with van der Waals surface area (Å²) >= 11 is 1.36. The number of amides is 1. The maximum Gasteiger partial charge on any atom is 0.262 e. The van der Waals surface area contributed by atoms with Crippen molar-refractivity contribution in [2.75, 3.05) is 19.6 Å². The van der Waals surface area contributed by atoms with Gasteiger partial charge in [0, 0.05) is 19.5 Å². The molecule has 27 heavy (non-hydrogen) atoms. The lowest BCUT2D eigenvalue weighted by Gasteiger charge is -2.09. The van der Waals surface area contributed by atoms with Crippen molar-refractivity contribution < 1.29 is 4.79 Å². The minimum Gasteiger partial charge on any atom is -0.351 e. The van der Waals surface area contributed by atoms with Crippen LogP contribution < -0.4 is 16.2 Å². The lowest BCUT2D eigenvalue weighted by atomic mass is 10.1. The van der Waals surface area contributed by atoms with Crippen LogP contribution >= 0.6 is 23.7 Å². The SMILES string of the molecule is Cc1c(C(=O)NCCC2CCNC2)sc2nc3n(c(=O)c12)CCCCC3.Cl. The Hall–Kier alpha value is -1.44. The highest BCUT2D eigenvalue weighted by molar-refractivity contribution is 7.20. The molecule has 0 aliphatic carbocycles. The van der Waals surface area contributed by atoms with Crippen LogP contribution in [0.4, 0.5) is 0 Å². The number of carbonyl (C=O) groups excluding carboxylic acids is 1. The van der Waals surface area contributed by atoms with E-state index in [9.17, 15) is 9.59 Å². The number of aromatic nitrogens is 2. The third-order valence-electron chi connectivity index (χ3n) is 5.62. The number of fused-ring (bicyclic) bond motifs is 2. The molecule has 1 amide bonds. The Balaban J connectivity index is 0.00000210. The van der Waals surface area contributed by atoms with Crippen molar-refractivity contribution in [1.29, 1.82) is 0 Å². The molecular weight excluding hydrogens is 384 g/mol. The topological polar surface area (TPSA) is 76.0 Å². The van der Waals surface area contributed by atoms with Gasteiger partial charge in [-0.2, -0.15) is 0 Å². The number of thiophene rings is 1. The van der Waals surface area contributed by atoms with E-state index in [1.807, 2.05) is 11.5 Å². The van der Waals surface area contributed by atoms with Crippen molar-refractivity contribution in [3.05, 3.63) is 26.6 Å². The van der Waals surface area contributed by atoms with Crippen LogP contribution in [0.5, 0.6) is 0 Å². The van der Waals surface area contributed by atoms with Crippen molar-refractivity contribution >= 4 is 39.9 Å². The highest BCUT2D eigenvalue weighted by atomic mass is 35.5. The summed E-state index contributed by atoms with van der Waals surface area (Å²) in [5.74, 6) is 1.46. The Kier molecular flexibility index (Phi) is 6.55. The molecular formula is C19H27ClN4O2S. The van der Waals surface area contributed by atoms with Gasteiger partial charge in [-0.3, -0.25) is 14.2 Å². The van der Waals surface area contributed by atoms with E-state index in [1.54, 1.807) is 0 Å². The summed E-state index contributed by atoms with van der Waals surface area (Å²) in [5, 5.41) is 7.01. The number of nitrogens with zero attached hydrogens (tertiary/aromatic N) is 2. The van der Waals surface area contributed by atoms with Crippen LogP contribution in [0.25, 0.3) is 10.2 Å². The van der Waals surface area contributed by atoms with Gasteiger partial charge in [-0.25, -0.2) is 4.98 Å². The van der Waals surface area contributed by atoms with Crippen LogP contribution in [0, 0.1) is 12.8 Å². The standard InChI is InChI=1S/C19H26N4O2S.ClH/c1-12-15-18(22-14-5-3-2-4-10-23(14)19(15)25)26-16(12)17(24)21-9-7-13-6-8-20-11-13;/h13,20H,2-11H2,1H3,(H,21,24);1H. The van der Waals surface area contributed by atoms with Gasteiger partial charge >= 0.3 is 0 Å². The molecule has 0 aromatic carbocycles. The summed E-state index contributed by atoms with van der Waals surface area (Å²) in [4.78, 5) is 31.7. The van der Waals surface area contributed by atoms with E-state index in [0.29, 0.717) is 27.6 Å². The second-order valence-corrected chi connectivity index (χ2v) is 8.43. The van der Waals surface area contributed by atoms with Crippen molar-refractivity contribution in [3.63, 3.8) is 0 Å². The molecule has 2 aromatic heterocycles. The largest absolute Gasteiger partial charge is 0.351 e. The molecule has 2 aliphatic rings. The van der Waals surface area contributed by atoms with Crippen LogP contribution in [0.15, 0.2) is 4.79 Å². The molecule has 0 bridgehead atoms. The van der Waals surface area contributed by atoms with Crippen LogP contribution in [0.1, 0.15) is 53.2 Å². The summed E-state index contributed by atoms with van der Waals surface area (Å²) in [6.45, 7) is 5.42. The molecule has 148 valence electrons. The zero-order chi connectivity index (χ0) is 18.1. The van der Waals surface area contributed by atoms with Gasteiger partial charge in [-0.1, -0.05) is 6.42 Å². The first-order valence-corrected chi connectivity index (χ1v) is 10.5. The second kappa shape index (κ2) is 8.71. The van der Waals surface area contributed by atoms with Gasteiger partial charge in [0.2, 0.25) is 0 Å². The molecule has 8 heteroatoms. The van der Waals surface area contributed by atoms with Crippen LogP contribution in [0.3, 0.4) is 0 Å². The van der Waals surface area contributed by atoms with Crippen LogP contribution in [-0.4, -0.2) is 35.1 Å². The number of nitrogens with one attached hydrogen (secondary N) is 2. The fraction of sp³-hybridized carbons (Fsp3) is 0.632. The van der Waals surface area contributed by atoms with E-state index in [1.165, 1.54) is 17.8 Å². The summed E-state index contributed by atoms with van der Waals surface area (Å²) in [6.07, 6.45) is 6.26. The summed E-state index contributed by atoms with van der Waals surface area (Å²) in [6, 6.07) is 0. The van der Waals surface area contributed by atoms with E-state index in [4.69, 9.17) is 4.98 Å². The first-order valence-electron chi connectivity index (χ1n) is 9.67. The van der Waals surface area contributed by atoms with E-state index in [-0.39, 0.29) is 23.9 Å². The fourth-order valence-electron chi connectivity index (χ4n) is 4.06. The summed E-state index contributed by atoms with van der Waals surface area (Å²) in [7, 11) is 0. The summed E-state index contributed by atoms with van der Waals surface area (Å²) in [5.41, 5.74) is 0.804. The summed E-state index contributed by atoms with van der Waals surface area (Å²) < 4.78 is 1.82. The Morgan fingerprint density at radius 1 is 1.37 bits per heavy atom. The Morgan fingerprint density at radius 3 is 3.00 bits per heavy atom. The Bertz CT molecular complexity index is 886. The fourth-order valence-corrected chi connectivity index (χ4v) is 5.16. The highest BCUT2D eigenvalue weighted by Gasteiger charge is 2.22. The van der Waals surface area contributed by atoms with Crippen LogP contribution in [-0.2, 0) is 13.0 Å². The predicted molar refractivity (Wildman–Crippen MR) is 111 cm³/mol. The number of halogens is 1. The minimum absolute atomic E-state index is 0. The average Bonchev–Trinajstić information content (AvgIpc) is 3.17. The third kappa shape index (κ3) is 4.05. The van der Waals surface area contributed by atoms with E-state index < -0.39 is 0 Å². The van der Waals surface area contributed by atoms with E-state index in [0.717, 1.165) is 63.1 Å². The van der Waals surface area contributed by atoms with Gasteiger partial charge in [-0.05, 0) is 57.2 Å². The van der Waals surface area contributed by atoms with Crippen molar-refractivity contribution in [3.8, 4) is 0 Å². The predicted octanol–water partition coefficient (Wildman–Crippen LogP) is 2.64. The molecule has 0 spiro atoms. The number of hydrogen-bond donors (Lipinski definition) is 2. The molecule has 2 aromatic rings. The lowest BCUT2D eigenvalue weighted by Crippen LogP contribution is -2.26. The van der Waals surface area contributed by atoms with Crippen molar-refractivity contribution in [2.45, 2.75) is 52.0 Å². The number of rotatable bonds is 4. The third-order valence-corrected chi connectivity index (χ3v) is 6.80. The number of carbonyl (C=O) groups is 1. The molecule has 1 saturated heterocycles. The first kappa shape index (κ1) is 20.3. The molecule has 1 fully saturated rings. The molecule has 1 unspecified atom stereocenters. The quantitative estimate of drug-likeness (QED) is 0.812. The second-order valence-electron chi connectivity index (χ2n) is 7.44. The average molecular weight is 411 g/mol. The van der Waals surface area contributed by atoms with Gasteiger partial charge in [0.05, 0.1) is 10.3 Å². The highest BCUT2D eigenvalue weighted by Crippen LogP contribution is 2.28. The molecule has 0 radical (unpaired) electrons. The lowest BCUT2D eigenvalue weighted by molar-refractivity contribution is 0.0955. The zero-order valence-electron chi connectivity index (χ0n) is 15.7. The maximum absolute atomic E-state index is 13.0. The molecule has 6 nitrogen and oxygen atoms in total. The van der Waals surface area contributed by atoms with Crippen molar-refractivity contribution in [1.82, 2.24) is 20.2 Å². The normalized spacial score (nSPS) is 19.4. The number of aryl methyl sites for hydroxylation is 2. The van der Waals surface area contributed by atoms with Gasteiger partial charge in [0.25, 0.3) is 11.5 Å². The van der Waals surface area contributed by atoms with E-state index >= 15 is 0 Å². The molecule has 0 saturated carbocycles. The Labute approximate surface area is 169 Å². The van der Waals surface area contributed by atoms with Crippen LogP contribution in [0.2, 0.25) is 0 Å². The molecule has 2 N–H and O–H groups in total. The molecule has 1 atom stereocenters.